The van der Waals surface area contributed by atoms with Gasteiger partial charge in [-0.05, 0) is 62.7 Å². The van der Waals surface area contributed by atoms with E-state index in [4.69, 9.17) is 9.15 Å². The number of ether oxygens (including phenoxy) is 1. The first-order chi connectivity index (χ1) is 17.0. The fraction of sp³-hybridized carbons (Fsp3) is 0.308. The van der Waals surface area contributed by atoms with Crippen LogP contribution in [0.1, 0.15) is 38.1 Å². The lowest BCUT2D eigenvalue weighted by atomic mass is 10.0. The summed E-state index contributed by atoms with van der Waals surface area (Å²) in [7, 11) is 0. The molecule has 9 heteroatoms. The predicted octanol–water partition coefficient (Wildman–Crippen LogP) is 3.72. The monoisotopic (exact) mass is 475 g/mol. The van der Waals surface area contributed by atoms with E-state index in [2.05, 4.69) is 15.6 Å². The van der Waals surface area contributed by atoms with Gasteiger partial charge in [-0.15, -0.1) is 5.10 Å². The van der Waals surface area contributed by atoms with Crippen LogP contribution < -0.4 is 10.1 Å². The molecule has 182 valence electrons. The van der Waals surface area contributed by atoms with E-state index < -0.39 is 6.04 Å². The summed E-state index contributed by atoms with van der Waals surface area (Å²) in [5.41, 5.74) is 2.14. The molecule has 1 N–H and O–H groups in total. The molecule has 0 bridgehead atoms. The van der Waals surface area contributed by atoms with E-state index >= 15 is 0 Å². The van der Waals surface area contributed by atoms with Crippen LogP contribution in [0.3, 0.4) is 0 Å². The summed E-state index contributed by atoms with van der Waals surface area (Å²) in [5, 5.41) is 11.2. The van der Waals surface area contributed by atoms with Crippen molar-refractivity contribution in [3.63, 3.8) is 0 Å². The van der Waals surface area contributed by atoms with Gasteiger partial charge in [0.1, 0.15) is 29.6 Å². The molecule has 2 amide bonds. The number of carbonyl (C=O) groups excluding carboxylic acids is 2. The van der Waals surface area contributed by atoms with Crippen LogP contribution >= 0.6 is 0 Å². The highest BCUT2D eigenvalue weighted by atomic mass is 16.5. The Morgan fingerprint density at radius 3 is 2.54 bits per heavy atom. The number of carbonyl (C=O) groups is 2. The number of fused-ring (bicyclic) bond motifs is 1. The number of amides is 2. The molecule has 2 aromatic carbocycles. The lowest BCUT2D eigenvalue weighted by Crippen LogP contribution is -2.48. The topological polar surface area (TPSA) is 102 Å². The predicted molar refractivity (Wildman–Crippen MR) is 130 cm³/mol. The van der Waals surface area contributed by atoms with Crippen molar-refractivity contribution in [1.29, 1.82) is 0 Å². The zero-order chi connectivity index (χ0) is 24.8. The summed E-state index contributed by atoms with van der Waals surface area (Å²) in [6, 6.07) is 17.1. The minimum atomic E-state index is -0.858. The van der Waals surface area contributed by atoms with Gasteiger partial charge in [0.05, 0.1) is 24.9 Å². The first kappa shape index (κ1) is 24.0. The van der Waals surface area contributed by atoms with E-state index in [9.17, 15) is 9.59 Å². The molecule has 0 fully saturated rings. The van der Waals surface area contributed by atoms with Crippen LogP contribution in [0.4, 0.5) is 0 Å². The van der Waals surface area contributed by atoms with Crippen LogP contribution in [0.25, 0.3) is 11.0 Å². The van der Waals surface area contributed by atoms with Crippen molar-refractivity contribution in [2.45, 2.75) is 45.9 Å². The third-order valence-corrected chi connectivity index (χ3v) is 5.60. The molecule has 4 aromatic rings. The molecular weight excluding hydrogens is 446 g/mol. The molecule has 4 rings (SSSR count). The molecule has 9 nitrogen and oxygen atoms in total. The molecule has 0 radical (unpaired) electrons. The summed E-state index contributed by atoms with van der Waals surface area (Å²) >= 11 is 0. The summed E-state index contributed by atoms with van der Waals surface area (Å²) in [6.07, 6.45) is 1.55. The molecule has 0 saturated carbocycles. The number of hydrogen-bond acceptors (Lipinski definition) is 6. The molecule has 0 spiro atoms. The zero-order valence-corrected chi connectivity index (χ0v) is 20.0. The van der Waals surface area contributed by atoms with E-state index in [0.29, 0.717) is 29.2 Å². The Morgan fingerprint density at radius 2 is 1.86 bits per heavy atom. The van der Waals surface area contributed by atoms with Crippen molar-refractivity contribution in [2.75, 3.05) is 6.61 Å². The largest absolute Gasteiger partial charge is 0.494 e. The van der Waals surface area contributed by atoms with Gasteiger partial charge in [-0.2, -0.15) is 0 Å². The third kappa shape index (κ3) is 5.51. The number of furan rings is 1. The first-order valence-electron chi connectivity index (χ1n) is 11.6. The number of aromatic nitrogens is 3. The summed E-state index contributed by atoms with van der Waals surface area (Å²) < 4.78 is 12.5. The molecule has 1 atom stereocenters. The normalized spacial score (nSPS) is 12.0. The van der Waals surface area contributed by atoms with E-state index in [0.717, 1.165) is 5.52 Å². The molecule has 2 heterocycles. The molecular formula is C26H29N5O4. The first-order valence-corrected chi connectivity index (χ1v) is 11.6. The van der Waals surface area contributed by atoms with Crippen LogP contribution in [-0.4, -0.2) is 44.4 Å². The Hall–Kier alpha value is -4.14. The molecule has 0 aliphatic rings. The summed E-state index contributed by atoms with van der Waals surface area (Å²) in [4.78, 5) is 28.7. The van der Waals surface area contributed by atoms with Crippen LogP contribution in [0, 0.1) is 0 Å². The zero-order valence-electron chi connectivity index (χ0n) is 20.0. The maximum absolute atomic E-state index is 13.6. The highest BCUT2D eigenvalue weighted by Crippen LogP contribution is 2.27. The Labute approximate surface area is 203 Å². The second-order valence-electron chi connectivity index (χ2n) is 8.33. The van der Waals surface area contributed by atoms with Gasteiger partial charge in [-0.25, -0.2) is 4.68 Å². The Morgan fingerprint density at radius 1 is 1.09 bits per heavy atom. The minimum Gasteiger partial charge on any atom is -0.494 e. The second-order valence-corrected chi connectivity index (χ2v) is 8.33. The molecule has 0 aliphatic heterocycles. The van der Waals surface area contributed by atoms with Crippen LogP contribution in [0.15, 0.2) is 71.3 Å². The van der Waals surface area contributed by atoms with Gasteiger partial charge in [0.2, 0.25) is 11.8 Å². The average Bonchev–Trinajstić information content (AvgIpc) is 3.52. The van der Waals surface area contributed by atoms with Gasteiger partial charge in [0.15, 0.2) is 0 Å². The standard InChI is InChI=1S/C26H29N5O4/c1-4-34-20-13-11-19(12-14-20)25(26(33)27-16-21-8-7-15-35-21)31(18(2)3)24(32)17-30-23-10-6-5-9-22(23)28-29-30/h5-15,18,25H,4,16-17H2,1-3H3,(H,27,33). The van der Waals surface area contributed by atoms with E-state index in [1.165, 1.54) is 0 Å². The molecule has 0 saturated heterocycles. The Balaban J connectivity index is 1.64. The highest BCUT2D eigenvalue weighted by Gasteiger charge is 2.33. The smallest absolute Gasteiger partial charge is 0.247 e. The number of benzene rings is 2. The van der Waals surface area contributed by atoms with Gasteiger partial charge in [-0.1, -0.05) is 29.5 Å². The lowest BCUT2D eigenvalue weighted by Gasteiger charge is -2.34. The number of nitrogens with one attached hydrogen (secondary N) is 1. The van der Waals surface area contributed by atoms with Gasteiger partial charge in [-0.3, -0.25) is 9.59 Å². The number of rotatable bonds is 10. The van der Waals surface area contributed by atoms with Gasteiger partial charge in [0, 0.05) is 6.04 Å². The van der Waals surface area contributed by atoms with Crippen molar-refractivity contribution in [2.24, 2.45) is 0 Å². The summed E-state index contributed by atoms with van der Waals surface area (Å²) in [5.74, 6) is 0.765. The lowest BCUT2D eigenvalue weighted by molar-refractivity contribution is -0.143. The number of para-hydroxylation sites is 1. The van der Waals surface area contributed by atoms with Crippen LogP contribution in [0.5, 0.6) is 5.75 Å². The fourth-order valence-corrected chi connectivity index (χ4v) is 4.01. The summed E-state index contributed by atoms with van der Waals surface area (Å²) in [6.45, 7) is 6.39. The number of nitrogens with zero attached hydrogens (tertiary/aromatic N) is 4. The third-order valence-electron chi connectivity index (χ3n) is 5.60. The van der Waals surface area contributed by atoms with Gasteiger partial charge in [0.25, 0.3) is 0 Å². The minimum absolute atomic E-state index is 0.0440. The van der Waals surface area contributed by atoms with Crippen molar-refractivity contribution >= 4 is 22.8 Å². The molecule has 35 heavy (non-hydrogen) atoms. The molecule has 0 aliphatic carbocycles. The van der Waals surface area contributed by atoms with Gasteiger partial charge < -0.3 is 19.4 Å². The van der Waals surface area contributed by atoms with Crippen molar-refractivity contribution < 1.29 is 18.7 Å². The van der Waals surface area contributed by atoms with E-state index in [1.807, 2.05) is 57.2 Å². The van der Waals surface area contributed by atoms with Gasteiger partial charge >= 0.3 is 0 Å². The van der Waals surface area contributed by atoms with E-state index in [-0.39, 0.29) is 30.9 Å². The maximum atomic E-state index is 13.6. The second kappa shape index (κ2) is 10.9. The Kier molecular flexibility index (Phi) is 7.45. The highest BCUT2D eigenvalue weighted by molar-refractivity contribution is 5.89. The quantitative estimate of drug-likeness (QED) is 0.375. The molecule has 2 aromatic heterocycles. The van der Waals surface area contributed by atoms with E-state index in [1.54, 1.807) is 40.1 Å². The molecule has 1 unspecified atom stereocenters. The Bertz CT molecular complexity index is 1260. The van der Waals surface area contributed by atoms with Crippen LogP contribution in [0.2, 0.25) is 0 Å². The van der Waals surface area contributed by atoms with Crippen LogP contribution in [-0.2, 0) is 22.7 Å². The van der Waals surface area contributed by atoms with Crippen molar-refractivity contribution in [1.82, 2.24) is 25.2 Å². The maximum Gasteiger partial charge on any atom is 0.247 e. The SMILES string of the molecule is CCOc1ccc(C(C(=O)NCc2ccco2)N(C(=O)Cn2nnc3ccccc32)C(C)C)cc1. The fourth-order valence-electron chi connectivity index (χ4n) is 4.01. The van der Waals surface area contributed by atoms with Crippen molar-refractivity contribution in [3.05, 3.63) is 78.3 Å². The average molecular weight is 476 g/mol. The van der Waals surface area contributed by atoms with Crippen molar-refractivity contribution in [3.8, 4) is 5.75 Å². The number of hydrogen-bond donors (Lipinski definition) is 1.